The van der Waals surface area contributed by atoms with E-state index in [9.17, 15) is 14.9 Å². The fourth-order valence-electron chi connectivity index (χ4n) is 2.27. The van der Waals surface area contributed by atoms with Crippen molar-refractivity contribution in [2.75, 3.05) is 7.11 Å². The fraction of sp³-hybridized carbons (Fsp3) is 0.211. The van der Waals surface area contributed by atoms with Crippen LogP contribution in [0.4, 0.5) is 0 Å². The second kappa shape index (κ2) is 6.97. The van der Waals surface area contributed by atoms with Crippen LogP contribution in [0.15, 0.2) is 30.3 Å². The largest absolute Gasteiger partial charge is 0.497 e. The first-order valence-electron chi connectivity index (χ1n) is 7.30. The number of ketones is 1. The maximum atomic E-state index is 12.4. The minimum atomic E-state index is -0.639. The number of benzene rings is 2. The molecule has 0 heterocycles. The number of hydrogen-bond donors (Lipinski definition) is 0. The summed E-state index contributed by atoms with van der Waals surface area (Å²) in [5.74, 6) is -0.291. The normalized spacial score (nSPS) is 9.96. The molecule has 0 saturated carbocycles. The number of aryl methyl sites for hydroxylation is 1. The highest BCUT2D eigenvalue weighted by molar-refractivity contribution is 6.00. The lowest BCUT2D eigenvalue weighted by Gasteiger charge is -2.14. The van der Waals surface area contributed by atoms with Gasteiger partial charge in [-0.2, -0.15) is 5.26 Å². The highest BCUT2D eigenvalue weighted by Gasteiger charge is 2.21. The molecule has 0 amide bonds. The second-order valence-electron chi connectivity index (χ2n) is 5.36. The summed E-state index contributed by atoms with van der Waals surface area (Å²) < 4.78 is 10.4. The van der Waals surface area contributed by atoms with Gasteiger partial charge in [-0.25, -0.2) is 4.79 Å². The fourth-order valence-corrected chi connectivity index (χ4v) is 2.27. The minimum Gasteiger partial charge on any atom is -0.497 e. The lowest BCUT2D eigenvalue weighted by atomic mass is 9.97. The highest BCUT2D eigenvalue weighted by Crippen LogP contribution is 2.30. The van der Waals surface area contributed by atoms with Crippen molar-refractivity contribution in [2.45, 2.75) is 20.8 Å². The van der Waals surface area contributed by atoms with E-state index in [4.69, 9.17) is 9.47 Å². The number of hydrogen-bond acceptors (Lipinski definition) is 5. The van der Waals surface area contributed by atoms with E-state index in [2.05, 4.69) is 0 Å². The maximum absolute atomic E-state index is 12.4. The van der Waals surface area contributed by atoms with Gasteiger partial charge in [0.05, 0.1) is 23.8 Å². The van der Waals surface area contributed by atoms with Gasteiger partial charge in [-0.05, 0) is 62.2 Å². The molecule has 0 aliphatic rings. The van der Waals surface area contributed by atoms with Crippen molar-refractivity contribution < 1.29 is 19.1 Å². The molecule has 0 fully saturated rings. The topological polar surface area (TPSA) is 76.4 Å². The first-order chi connectivity index (χ1) is 11.4. The molecule has 5 heteroatoms. The van der Waals surface area contributed by atoms with Gasteiger partial charge in [0.15, 0.2) is 11.5 Å². The molecule has 0 N–H and O–H groups in total. The molecule has 0 bridgehead atoms. The van der Waals surface area contributed by atoms with Crippen molar-refractivity contribution in [2.24, 2.45) is 0 Å². The molecule has 2 aromatic carbocycles. The summed E-state index contributed by atoms with van der Waals surface area (Å²) in [4.78, 5) is 24.3. The third-order valence-corrected chi connectivity index (χ3v) is 3.81. The molecule has 2 aromatic rings. The Morgan fingerprint density at radius 2 is 1.75 bits per heavy atom. The Kier molecular flexibility index (Phi) is 5.00. The zero-order valence-electron chi connectivity index (χ0n) is 14.0. The summed E-state index contributed by atoms with van der Waals surface area (Å²) in [5.41, 5.74) is 2.19. The van der Waals surface area contributed by atoms with Crippen LogP contribution >= 0.6 is 0 Å². The number of rotatable bonds is 4. The van der Waals surface area contributed by atoms with Crippen molar-refractivity contribution in [1.82, 2.24) is 0 Å². The molecular formula is C19H17NO4. The molecule has 0 unspecified atom stereocenters. The molecule has 122 valence electrons. The van der Waals surface area contributed by atoms with Gasteiger partial charge in [-0.1, -0.05) is 0 Å². The molecule has 0 spiro atoms. The van der Waals surface area contributed by atoms with Gasteiger partial charge in [0.1, 0.15) is 11.8 Å². The minimum absolute atomic E-state index is 0.00826. The van der Waals surface area contributed by atoms with Gasteiger partial charge in [-0.3, -0.25) is 4.79 Å². The first kappa shape index (κ1) is 17.2. The van der Waals surface area contributed by atoms with E-state index in [1.807, 2.05) is 6.07 Å². The summed E-state index contributed by atoms with van der Waals surface area (Å²) in [7, 11) is 1.53. The molecule has 24 heavy (non-hydrogen) atoms. The molecule has 0 radical (unpaired) electrons. The van der Waals surface area contributed by atoms with Crippen LogP contribution in [0.2, 0.25) is 0 Å². The molecule has 2 rings (SSSR count). The lowest BCUT2D eigenvalue weighted by molar-refractivity contribution is 0.0732. The van der Waals surface area contributed by atoms with E-state index in [1.165, 1.54) is 14.0 Å². The van der Waals surface area contributed by atoms with Crippen molar-refractivity contribution in [3.63, 3.8) is 0 Å². The van der Waals surface area contributed by atoms with Crippen LogP contribution < -0.4 is 9.47 Å². The van der Waals surface area contributed by atoms with Crippen molar-refractivity contribution in [3.8, 4) is 17.6 Å². The number of methoxy groups -OCH3 is 1. The zero-order valence-corrected chi connectivity index (χ0v) is 14.0. The van der Waals surface area contributed by atoms with E-state index in [1.54, 1.807) is 44.2 Å². The summed E-state index contributed by atoms with van der Waals surface area (Å²) in [6.45, 7) is 4.93. The predicted octanol–water partition coefficient (Wildman–Crippen LogP) is 3.61. The summed E-state index contributed by atoms with van der Waals surface area (Å²) in [6.07, 6.45) is 0. The molecule has 0 atom stereocenters. The highest BCUT2D eigenvalue weighted by atomic mass is 16.5. The van der Waals surface area contributed by atoms with Gasteiger partial charge in [0.25, 0.3) is 0 Å². The maximum Gasteiger partial charge on any atom is 0.343 e. The number of esters is 1. The summed E-state index contributed by atoms with van der Waals surface area (Å²) in [6, 6.07) is 10.0. The van der Waals surface area contributed by atoms with Crippen LogP contribution in [0.5, 0.6) is 11.5 Å². The van der Waals surface area contributed by atoms with Crippen LogP contribution in [-0.4, -0.2) is 18.9 Å². The number of carbonyl (C=O) groups excluding carboxylic acids is 2. The Morgan fingerprint density at radius 3 is 2.25 bits per heavy atom. The van der Waals surface area contributed by atoms with E-state index in [-0.39, 0.29) is 22.7 Å². The Labute approximate surface area is 140 Å². The lowest BCUT2D eigenvalue weighted by Crippen LogP contribution is -2.13. The molecule has 0 aliphatic carbocycles. The summed E-state index contributed by atoms with van der Waals surface area (Å²) >= 11 is 0. The van der Waals surface area contributed by atoms with Gasteiger partial charge in [0, 0.05) is 0 Å². The first-order valence-corrected chi connectivity index (χ1v) is 7.30. The van der Waals surface area contributed by atoms with Crippen LogP contribution in [0.1, 0.15) is 44.3 Å². The van der Waals surface area contributed by atoms with Gasteiger partial charge in [0.2, 0.25) is 0 Å². The standard InChI is InChI=1S/C19H17NO4/c1-11-9-16(13(3)21)18(17(10-20)12(11)2)24-19(22)14-5-7-15(23-4)8-6-14/h5-9H,1-4H3. The third kappa shape index (κ3) is 3.28. The third-order valence-electron chi connectivity index (χ3n) is 3.81. The van der Waals surface area contributed by atoms with Gasteiger partial charge in [-0.15, -0.1) is 0 Å². The molecule has 0 aromatic heterocycles. The van der Waals surface area contributed by atoms with Crippen LogP contribution in [-0.2, 0) is 0 Å². The van der Waals surface area contributed by atoms with E-state index in [0.717, 1.165) is 5.56 Å². The van der Waals surface area contributed by atoms with Crippen molar-refractivity contribution in [1.29, 1.82) is 5.26 Å². The Bertz CT molecular complexity index is 845. The Hall–Kier alpha value is -3.13. The van der Waals surface area contributed by atoms with E-state index in [0.29, 0.717) is 16.9 Å². The van der Waals surface area contributed by atoms with E-state index >= 15 is 0 Å². The average Bonchev–Trinajstić information content (AvgIpc) is 2.58. The Morgan fingerprint density at radius 1 is 1.12 bits per heavy atom. The Balaban J connectivity index is 2.47. The van der Waals surface area contributed by atoms with Crippen LogP contribution in [0.25, 0.3) is 0 Å². The number of ether oxygens (including phenoxy) is 2. The summed E-state index contributed by atoms with van der Waals surface area (Å²) in [5, 5.41) is 9.41. The predicted molar refractivity (Wildman–Crippen MR) is 88.6 cm³/mol. The van der Waals surface area contributed by atoms with Gasteiger partial charge >= 0.3 is 5.97 Å². The number of carbonyl (C=O) groups is 2. The molecule has 5 nitrogen and oxygen atoms in total. The molecular weight excluding hydrogens is 306 g/mol. The monoisotopic (exact) mass is 323 g/mol. The van der Waals surface area contributed by atoms with Crippen molar-refractivity contribution in [3.05, 3.63) is 58.1 Å². The van der Waals surface area contributed by atoms with Crippen molar-refractivity contribution >= 4 is 11.8 Å². The van der Waals surface area contributed by atoms with Crippen LogP contribution in [0.3, 0.4) is 0 Å². The SMILES string of the molecule is COc1ccc(C(=O)Oc2c(C(C)=O)cc(C)c(C)c2C#N)cc1. The average molecular weight is 323 g/mol. The molecule has 0 aliphatic heterocycles. The van der Waals surface area contributed by atoms with Gasteiger partial charge < -0.3 is 9.47 Å². The van der Waals surface area contributed by atoms with Crippen LogP contribution in [0, 0.1) is 25.2 Å². The zero-order chi connectivity index (χ0) is 17.9. The number of Topliss-reactive ketones (excluding diaryl/α,β-unsaturated/α-hetero) is 1. The quantitative estimate of drug-likeness (QED) is 0.488. The number of nitriles is 1. The van der Waals surface area contributed by atoms with E-state index < -0.39 is 5.97 Å². The molecule has 0 saturated heterocycles. The second-order valence-corrected chi connectivity index (χ2v) is 5.36. The smallest absolute Gasteiger partial charge is 0.343 e. The number of nitrogens with zero attached hydrogens (tertiary/aromatic N) is 1.